The maximum Gasteiger partial charge on any atom is 0.303 e. The summed E-state index contributed by atoms with van der Waals surface area (Å²) in [5, 5.41) is 18.2. The van der Waals surface area contributed by atoms with E-state index in [4.69, 9.17) is 24.1 Å². The number of aryl methyl sites for hydroxylation is 1. The largest absolute Gasteiger partial charge is 0.494 e. The summed E-state index contributed by atoms with van der Waals surface area (Å²) >= 11 is 0. The smallest absolute Gasteiger partial charge is 0.303 e. The van der Waals surface area contributed by atoms with Crippen LogP contribution in [0.4, 0.5) is 0 Å². The van der Waals surface area contributed by atoms with Crippen LogP contribution in [0.15, 0.2) is 54.6 Å². The molecule has 0 aliphatic carbocycles. The number of unbranched alkanes of at least 4 members (excludes halogenated alkanes) is 3. The van der Waals surface area contributed by atoms with E-state index in [1.165, 1.54) is 0 Å². The summed E-state index contributed by atoms with van der Waals surface area (Å²) in [5.74, 6) is 0.946. The molecule has 2 N–H and O–H groups in total. The van der Waals surface area contributed by atoms with E-state index in [2.05, 4.69) is 11.9 Å². The van der Waals surface area contributed by atoms with Gasteiger partial charge in [-0.3, -0.25) is 14.4 Å². The molecule has 1 saturated heterocycles. The van der Waals surface area contributed by atoms with Crippen molar-refractivity contribution < 1.29 is 43.5 Å². The molecular weight excluding hydrogens is 640 g/mol. The van der Waals surface area contributed by atoms with E-state index in [1.807, 2.05) is 59.5 Å². The van der Waals surface area contributed by atoms with Gasteiger partial charge in [-0.05, 0) is 97.8 Å². The van der Waals surface area contributed by atoms with Gasteiger partial charge in [0.2, 0.25) is 0 Å². The molecule has 1 fully saturated rings. The van der Waals surface area contributed by atoms with Gasteiger partial charge in [0.1, 0.15) is 24.7 Å². The summed E-state index contributed by atoms with van der Waals surface area (Å²) in [6.07, 6.45) is 5.24. The first-order valence-corrected chi connectivity index (χ1v) is 17.6. The predicted octanol–water partition coefficient (Wildman–Crippen LogP) is 5.96. The summed E-state index contributed by atoms with van der Waals surface area (Å²) in [4.78, 5) is 39.9. The molecule has 3 aromatic rings. The first-order valence-electron chi connectivity index (χ1n) is 17.6. The Kier molecular flexibility index (Phi) is 13.4. The number of fused-ring (bicyclic) bond motifs is 1. The number of likely N-dealkylation sites (N-methyl/N-ethyl adjacent to an activating group) is 1. The molecule has 0 bridgehead atoms. The second-order valence-electron chi connectivity index (χ2n) is 12.8. The van der Waals surface area contributed by atoms with Crippen LogP contribution in [0, 0.1) is 0 Å². The molecule has 0 spiro atoms. The zero-order valence-electron chi connectivity index (χ0n) is 28.9. The van der Waals surface area contributed by atoms with Crippen LogP contribution in [0.1, 0.15) is 66.4 Å². The van der Waals surface area contributed by atoms with Crippen LogP contribution < -0.4 is 18.9 Å². The average molecular weight is 689 g/mol. The van der Waals surface area contributed by atoms with E-state index in [1.54, 1.807) is 0 Å². The minimum atomic E-state index is -0.871. The highest BCUT2D eigenvalue weighted by molar-refractivity contribution is 5.96. The Labute approximate surface area is 293 Å². The first-order chi connectivity index (χ1) is 24.3. The van der Waals surface area contributed by atoms with Gasteiger partial charge >= 0.3 is 11.9 Å². The number of hydrogen-bond acceptors (Lipinski definition) is 8. The van der Waals surface area contributed by atoms with Crippen molar-refractivity contribution in [2.45, 2.75) is 57.8 Å². The summed E-state index contributed by atoms with van der Waals surface area (Å²) in [6.45, 7) is 4.85. The average Bonchev–Trinajstić information content (AvgIpc) is 3.12. The summed E-state index contributed by atoms with van der Waals surface area (Å²) in [6, 6.07) is 17.3. The van der Waals surface area contributed by atoms with Gasteiger partial charge in [-0.1, -0.05) is 31.0 Å². The molecule has 11 nitrogen and oxygen atoms in total. The number of carboxylic acid groups (broad SMARTS) is 2. The molecule has 2 aliphatic rings. The molecular formula is C39H48N2O9. The lowest BCUT2D eigenvalue weighted by molar-refractivity contribution is -0.138. The highest BCUT2D eigenvalue weighted by Gasteiger charge is 2.22. The highest BCUT2D eigenvalue weighted by Crippen LogP contribution is 2.36. The number of benzene rings is 3. The number of aliphatic carboxylic acids is 2. The summed E-state index contributed by atoms with van der Waals surface area (Å²) in [7, 11) is 2.07. The van der Waals surface area contributed by atoms with Gasteiger partial charge < -0.3 is 39.0 Å². The predicted molar refractivity (Wildman–Crippen MR) is 189 cm³/mol. The number of ether oxygens (including phenoxy) is 4. The molecule has 0 radical (unpaired) electrons. The molecule has 3 aromatic carbocycles. The number of rotatable bonds is 18. The second-order valence-corrected chi connectivity index (χ2v) is 12.8. The molecule has 268 valence electrons. The fourth-order valence-corrected chi connectivity index (χ4v) is 6.25. The van der Waals surface area contributed by atoms with Crippen molar-refractivity contribution in [3.8, 4) is 34.1 Å². The van der Waals surface area contributed by atoms with E-state index < -0.39 is 11.9 Å². The Morgan fingerprint density at radius 1 is 0.720 bits per heavy atom. The molecule has 11 heteroatoms. The summed E-state index contributed by atoms with van der Waals surface area (Å²) < 4.78 is 23.6. The maximum atomic E-state index is 13.6. The molecule has 50 heavy (non-hydrogen) atoms. The van der Waals surface area contributed by atoms with E-state index >= 15 is 0 Å². The molecule has 0 unspecified atom stereocenters. The fourth-order valence-electron chi connectivity index (χ4n) is 6.25. The minimum absolute atomic E-state index is 0.000187. The number of piperazine rings is 1. The zero-order valence-corrected chi connectivity index (χ0v) is 28.9. The monoisotopic (exact) mass is 688 g/mol. The van der Waals surface area contributed by atoms with Gasteiger partial charge in [-0.15, -0.1) is 0 Å². The third kappa shape index (κ3) is 10.6. The number of nitrogens with zero attached hydrogens (tertiary/aromatic N) is 2. The third-order valence-electron chi connectivity index (χ3n) is 9.04. The normalized spacial score (nSPS) is 14.3. The molecule has 0 atom stereocenters. The lowest BCUT2D eigenvalue weighted by Crippen LogP contribution is -2.47. The van der Waals surface area contributed by atoms with Gasteiger partial charge in [-0.25, -0.2) is 0 Å². The fraction of sp³-hybridized carbons (Fsp3) is 0.462. The van der Waals surface area contributed by atoms with Crippen LogP contribution in [-0.2, 0) is 22.4 Å². The molecule has 2 aliphatic heterocycles. The van der Waals surface area contributed by atoms with Crippen molar-refractivity contribution in [3.05, 3.63) is 71.3 Å². The molecule has 2 heterocycles. The molecule has 0 aromatic heterocycles. The topological polar surface area (TPSA) is 135 Å². The van der Waals surface area contributed by atoms with Gasteiger partial charge in [-0.2, -0.15) is 0 Å². The van der Waals surface area contributed by atoms with Crippen molar-refractivity contribution in [2.75, 3.05) is 59.7 Å². The van der Waals surface area contributed by atoms with Crippen molar-refractivity contribution in [2.24, 2.45) is 0 Å². The Bertz CT molecular complexity index is 1620. The van der Waals surface area contributed by atoms with E-state index in [9.17, 15) is 19.5 Å². The number of carboxylic acids is 2. The highest BCUT2D eigenvalue weighted by atomic mass is 16.6. The van der Waals surface area contributed by atoms with E-state index in [-0.39, 0.29) is 25.4 Å². The number of amides is 1. The second kappa shape index (κ2) is 18.3. The van der Waals surface area contributed by atoms with Gasteiger partial charge in [0, 0.05) is 44.6 Å². The van der Waals surface area contributed by atoms with Crippen LogP contribution >= 0.6 is 0 Å². The Morgan fingerprint density at radius 3 is 2.24 bits per heavy atom. The van der Waals surface area contributed by atoms with Crippen LogP contribution in [0.3, 0.4) is 0 Å². The number of carbonyl (C=O) groups excluding carboxylic acids is 1. The van der Waals surface area contributed by atoms with Gasteiger partial charge in [0.15, 0.2) is 11.5 Å². The molecule has 5 rings (SSSR count). The van der Waals surface area contributed by atoms with Crippen molar-refractivity contribution in [1.29, 1.82) is 0 Å². The maximum absolute atomic E-state index is 13.6. The van der Waals surface area contributed by atoms with Crippen LogP contribution in [0.5, 0.6) is 23.0 Å². The van der Waals surface area contributed by atoms with Crippen molar-refractivity contribution >= 4 is 17.8 Å². The van der Waals surface area contributed by atoms with Crippen molar-refractivity contribution in [3.63, 3.8) is 0 Å². The Balaban J connectivity index is 1.17. The SMILES string of the molecule is CN1CCN(C(=O)c2cc(OCCCCCCc3cccc(OCCCC(=O)O)c3CCC(=O)O)cc(-c3ccc4c(c3)OCCO4)c2)CC1. The van der Waals surface area contributed by atoms with E-state index in [0.717, 1.165) is 67.4 Å². The van der Waals surface area contributed by atoms with Gasteiger partial charge in [0.25, 0.3) is 5.91 Å². The minimum Gasteiger partial charge on any atom is -0.494 e. The standard InChI is InChI=1S/C39H48N2O9/c1-40-16-18-41(19-17-40)39(46)31-24-30(29-12-14-35-36(27-29)50-23-22-49-35)25-32(26-31)47-20-5-3-2-4-8-28-9-6-10-34(33(28)13-15-38(44)45)48-21-7-11-37(42)43/h6,9-10,12,14,24-27H,2-5,7-8,11,13,15-23H2,1H3,(H,42,43)(H,44,45). The van der Waals surface area contributed by atoms with E-state index in [0.29, 0.717) is 74.3 Å². The number of hydrogen-bond donors (Lipinski definition) is 2. The van der Waals surface area contributed by atoms with Crippen LogP contribution in [0.2, 0.25) is 0 Å². The Morgan fingerprint density at radius 2 is 1.46 bits per heavy atom. The lowest BCUT2D eigenvalue weighted by Gasteiger charge is -2.32. The zero-order chi connectivity index (χ0) is 35.3. The summed E-state index contributed by atoms with van der Waals surface area (Å²) in [5.41, 5.74) is 4.34. The lowest BCUT2D eigenvalue weighted by atomic mass is 9.97. The van der Waals surface area contributed by atoms with Gasteiger partial charge in [0.05, 0.1) is 13.2 Å². The molecule has 1 amide bonds. The Hall–Kier alpha value is -4.77. The van der Waals surface area contributed by atoms with Crippen LogP contribution in [-0.4, -0.2) is 97.5 Å². The number of carbonyl (C=O) groups is 3. The van der Waals surface area contributed by atoms with Crippen LogP contribution in [0.25, 0.3) is 11.1 Å². The third-order valence-corrected chi connectivity index (χ3v) is 9.04. The first kappa shape index (κ1) is 36.5. The molecule has 0 saturated carbocycles. The van der Waals surface area contributed by atoms with Crippen molar-refractivity contribution in [1.82, 2.24) is 9.80 Å². The quantitative estimate of drug-likeness (QED) is 0.154.